The molecule has 2 heterocycles. The largest absolute Gasteiger partial charge is 0.439 e. The minimum Gasteiger partial charge on any atom is -0.439 e. The number of pyridine rings is 2. The molecule has 0 amide bonds. The van der Waals surface area contributed by atoms with Crippen LogP contribution in [0.15, 0.2) is 53.3 Å². The highest BCUT2D eigenvalue weighted by Gasteiger charge is 2.07. The van der Waals surface area contributed by atoms with Crippen LogP contribution in [0.3, 0.4) is 0 Å². The number of halogens is 1. The van der Waals surface area contributed by atoms with E-state index in [4.69, 9.17) is 10.5 Å². The average molecular weight is 330 g/mol. The second kappa shape index (κ2) is 5.56. The predicted molar refractivity (Wildman–Crippen MR) is 81.6 cm³/mol. The van der Waals surface area contributed by atoms with Gasteiger partial charge in [-0.05, 0) is 40.2 Å². The van der Waals surface area contributed by atoms with Crippen LogP contribution < -0.4 is 10.5 Å². The molecular formula is C15H12BrN3O. The van der Waals surface area contributed by atoms with E-state index in [1.165, 1.54) is 0 Å². The maximum atomic E-state index is 5.81. The van der Waals surface area contributed by atoms with E-state index in [-0.39, 0.29) is 0 Å². The molecule has 0 fully saturated rings. The maximum absolute atomic E-state index is 5.81. The van der Waals surface area contributed by atoms with E-state index in [1.54, 1.807) is 12.4 Å². The highest BCUT2D eigenvalue weighted by Crippen LogP contribution is 2.27. The number of benzene rings is 1. The molecule has 0 saturated carbocycles. The van der Waals surface area contributed by atoms with E-state index in [0.717, 1.165) is 20.9 Å². The minimum absolute atomic E-state index is 0.369. The van der Waals surface area contributed by atoms with Crippen molar-refractivity contribution in [2.75, 3.05) is 0 Å². The Morgan fingerprint density at radius 1 is 1.15 bits per heavy atom. The molecule has 2 aromatic heterocycles. The predicted octanol–water partition coefficient (Wildman–Crippen LogP) is 3.64. The SMILES string of the molecule is NCc1cc(Br)cnc1Oc1ccc2cccnc2c1. The van der Waals surface area contributed by atoms with Crippen LogP contribution in [0.4, 0.5) is 0 Å². The summed E-state index contributed by atoms with van der Waals surface area (Å²) in [5, 5.41) is 1.07. The van der Waals surface area contributed by atoms with Crippen molar-refractivity contribution in [3.63, 3.8) is 0 Å². The van der Waals surface area contributed by atoms with Gasteiger partial charge in [0, 0.05) is 40.4 Å². The molecule has 20 heavy (non-hydrogen) atoms. The van der Waals surface area contributed by atoms with Gasteiger partial charge in [-0.1, -0.05) is 6.07 Å². The van der Waals surface area contributed by atoms with E-state index in [0.29, 0.717) is 18.2 Å². The van der Waals surface area contributed by atoms with E-state index < -0.39 is 0 Å². The zero-order chi connectivity index (χ0) is 13.9. The Hall–Kier alpha value is -1.98. The molecule has 3 aromatic rings. The van der Waals surface area contributed by atoms with Crippen LogP contribution in [0.2, 0.25) is 0 Å². The van der Waals surface area contributed by atoms with Gasteiger partial charge >= 0.3 is 0 Å². The Labute approximate surface area is 124 Å². The number of hydrogen-bond donors (Lipinski definition) is 1. The van der Waals surface area contributed by atoms with Gasteiger partial charge in [0.2, 0.25) is 5.88 Å². The van der Waals surface area contributed by atoms with Crippen molar-refractivity contribution in [1.82, 2.24) is 9.97 Å². The van der Waals surface area contributed by atoms with Crippen LogP contribution >= 0.6 is 15.9 Å². The highest BCUT2D eigenvalue weighted by molar-refractivity contribution is 9.10. The summed E-state index contributed by atoms with van der Waals surface area (Å²) in [5.41, 5.74) is 7.44. The quantitative estimate of drug-likeness (QED) is 0.796. The first-order valence-corrected chi connectivity index (χ1v) is 6.93. The summed E-state index contributed by atoms with van der Waals surface area (Å²) < 4.78 is 6.69. The molecule has 0 aliphatic heterocycles. The highest BCUT2D eigenvalue weighted by atomic mass is 79.9. The first-order valence-electron chi connectivity index (χ1n) is 6.13. The van der Waals surface area contributed by atoms with Gasteiger partial charge in [-0.15, -0.1) is 0 Å². The Kier molecular flexibility index (Phi) is 3.62. The number of rotatable bonds is 3. The van der Waals surface area contributed by atoms with Gasteiger partial charge in [0.1, 0.15) is 5.75 Å². The molecule has 0 atom stereocenters. The lowest BCUT2D eigenvalue weighted by Crippen LogP contribution is -2.01. The Morgan fingerprint density at radius 2 is 2.05 bits per heavy atom. The second-order valence-electron chi connectivity index (χ2n) is 4.28. The molecule has 0 bridgehead atoms. The molecule has 0 unspecified atom stereocenters. The molecular weight excluding hydrogens is 318 g/mol. The van der Waals surface area contributed by atoms with Gasteiger partial charge in [-0.2, -0.15) is 0 Å². The lowest BCUT2D eigenvalue weighted by Gasteiger charge is -2.09. The Morgan fingerprint density at radius 3 is 2.90 bits per heavy atom. The number of nitrogens with two attached hydrogens (primary N) is 1. The molecule has 0 saturated heterocycles. The van der Waals surface area contributed by atoms with Crippen molar-refractivity contribution >= 4 is 26.8 Å². The van der Waals surface area contributed by atoms with Crippen LogP contribution in [0.25, 0.3) is 10.9 Å². The monoisotopic (exact) mass is 329 g/mol. The van der Waals surface area contributed by atoms with Gasteiger partial charge in [0.15, 0.2) is 0 Å². The number of fused-ring (bicyclic) bond motifs is 1. The van der Waals surface area contributed by atoms with Crippen LogP contribution in [-0.2, 0) is 6.54 Å². The van der Waals surface area contributed by atoms with E-state index in [9.17, 15) is 0 Å². The third-order valence-corrected chi connectivity index (χ3v) is 3.34. The van der Waals surface area contributed by atoms with Crippen LogP contribution in [0, 0.1) is 0 Å². The average Bonchev–Trinajstić information content (AvgIpc) is 2.49. The smallest absolute Gasteiger partial charge is 0.223 e. The summed E-state index contributed by atoms with van der Waals surface area (Å²) in [4.78, 5) is 8.56. The minimum atomic E-state index is 0.369. The van der Waals surface area contributed by atoms with Crippen LogP contribution in [0.5, 0.6) is 11.6 Å². The molecule has 4 nitrogen and oxygen atoms in total. The van der Waals surface area contributed by atoms with Crippen LogP contribution in [0.1, 0.15) is 5.56 Å². The van der Waals surface area contributed by atoms with Crippen molar-refractivity contribution in [3.8, 4) is 11.6 Å². The zero-order valence-corrected chi connectivity index (χ0v) is 12.2. The molecule has 0 aliphatic carbocycles. The van der Waals surface area contributed by atoms with Crippen LogP contribution in [-0.4, -0.2) is 9.97 Å². The second-order valence-corrected chi connectivity index (χ2v) is 5.20. The van der Waals surface area contributed by atoms with Crippen molar-refractivity contribution in [3.05, 3.63) is 58.8 Å². The summed E-state index contributed by atoms with van der Waals surface area (Å²) in [6.45, 7) is 0.369. The van der Waals surface area contributed by atoms with Gasteiger partial charge in [0.25, 0.3) is 0 Å². The normalized spacial score (nSPS) is 10.7. The number of aromatic nitrogens is 2. The number of ether oxygens (including phenoxy) is 1. The Balaban J connectivity index is 1.96. The first kappa shape index (κ1) is 13.0. The third-order valence-electron chi connectivity index (χ3n) is 2.90. The van der Waals surface area contributed by atoms with Crippen molar-refractivity contribution < 1.29 is 4.74 Å². The zero-order valence-electron chi connectivity index (χ0n) is 10.6. The molecule has 1 aromatic carbocycles. The van der Waals surface area contributed by atoms with Crippen molar-refractivity contribution in [2.24, 2.45) is 5.73 Å². The maximum Gasteiger partial charge on any atom is 0.223 e. The molecule has 100 valence electrons. The molecule has 2 N–H and O–H groups in total. The van der Waals surface area contributed by atoms with Gasteiger partial charge in [-0.25, -0.2) is 4.98 Å². The molecule has 0 radical (unpaired) electrons. The van der Waals surface area contributed by atoms with E-state index in [1.807, 2.05) is 36.4 Å². The molecule has 5 heteroatoms. The summed E-state index contributed by atoms with van der Waals surface area (Å²) in [7, 11) is 0. The lowest BCUT2D eigenvalue weighted by molar-refractivity contribution is 0.456. The van der Waals surface area contributed by atoms with Gasteiger partial charge in [0.05, 0.1) is 5.52 Å². The molecule has 0 aliphatic rings. The molecule has 0 spiro atoms. The summed E-state index contributed by atoms with van der Waals surface area (Å²) >= 11 is 3.37. The summed E-state index contributed by atoms with van der Waals surface area (Å²) in [6.07, 6.45) is 3.45. The number of hydrogen-bond acceptors (Lipinski definition) is 4. The third kappa shape index (κ3) is 2.64. The fraction of sp³-hybridized carbons (Fsp3) is 0.0667. The Bertz CT molecular complexity index is 761. The fourth-order valence-electron chi connectivity index (χ4n) is 1.93. The first-order chi connectivity index (χ1) is 9.76. The summed E-state index contributed by atoms with van der Waals surface area (Å²) in [5.74, 6) is 1.21. The number of nitrogens with zero attached hydrogens (tertiary/aromatic N) is 2. The van der Waals surface area contributed by atoms with Gasteiger partial charge < -0.3 is 10.5 Å². The fourth-order valence-corrected chi connectivity index (χ4v) is 2.31. The van der Waals surface area contributed by atoms with Gasteiger partial charge in [-0.3, -0.25) is 4.98 Å². The standard InChI is InChI=1S/C15H12BrN3O/c16-12-6-11(8-17)15(19-9-12)20-13-4-3-10-2-1-5-18-14(10)7-13/h1-7,9H,8,17H2. The summed E-state index contributed by atoms with van der Waals surface area (Å²) in [6, 6.07) is 11.6. The van der Waals surface area contributed by atoms with Crippen molar-refractivity contribution in [2.45, 2.75) is 6.54 Å². The van der Waals surface area contributed by atoms with E-state index >= 15 is 0 Å². The topological polar surface area (TPSA) is 61.0 Å². The van der Waals surface area contributed by atoms with Crippen molar-refractivity contribution in [1.29, 1.82) is 0 Å². The molecule has 3 rings (SSSR count). The lowest BCUT2D eigenvalue weighted by atomic mass is 10.2. The van der Waals surface area contributed by atoms with E-state index in [2.05, 4.69) is 25.9 Å².